The minimum absolute atomic E-state index is 0.0153. The number of ketones is 1. The summed E-state index contributed by atoms with van der Waals surface area (Å²) in [5, 5.41) is 10.8. The molecule has 6 nitrogen and oxygen atoms in total. The first-order valence-corrected chi connectivity index (χ1v) is 23.8. The maximum absolute atomic E-state index is 13.1. The van der Waals surface area contributed by atoms with Crippen molar-refractivity contribution in [1.29, 1.82) is 0 Å². The number of aromatic nitrogens is 1. The van der Waals surface area contributed by atoms with Crippen LogP contribution in [0.4, 0.5) is 0 Å². The number of rotatable bonds is 36. The number of aliphatic imine (C=N–C) groups is 1. The highest BCUT2D eigenvalue weighted by Crippen LogP contribution is 2.36. The maximum atomic E-state index is 13.1. The zero-order valence-corrected chi connectivity index (χ0v) is 36.2. The Morgan fingerprint density at radius 2 is 1.02 bits per heavy atom. The number of ether oxygens (including phenoxy) is 1. The Labute approximate surface area is 343 Å². The van der Waals surface area contributed by atoms with Crippen LogP contribution in [0, 0.1) is 0 Å². The summed E-state index contributed by atoms with van der Waals surface area (Å²) in [6, 6.07) is 3.59. The lowest BCUT2D eigenvalue weighted by atomic mass is 9.84. The van der Waals surface area contributed by atoms with Crippen molar-refractivity contribution >= 4 is 23.3 Å². The van der Waals surface area contributed by atoms with Crippen molar-refractivity contribution < 1.29 is 19.6 Å². The molecule has 0 radical (unpaired) electrons. The number of carbonyl (C=O) groups excluding carboxylic acids is 1. The van der Waals surface area contributed by atoms with Crippen LogP contribution in [0.1, 0.15) is 225 Å². The smallest absolute Gasteiger partial charge is 0.218 e. The number of aliphatic hydroxyl groups is 1. The molecular formula is C50H82N3O3+. The Morgan fingerprint density at radius 1 is 0.571 bits per heavy atom. The molecule has 0 fully saturated rings. The van der Waals surface area contributed by atoms with Crippen LogP contribution in [0.5, 0.6) is 5.75 Å². The first kappa shape index (κ1) is 47.4. The fourth-order valence-electron chi connectivity index (χ4n) is 7.88. The molecule has 6 heteroatoms. The van der Waals surface area contributed by atoms with Gasteiger partial charge in [-0.05, 0) is 31.1 Å². The van der Waals surface area contributed by atoms with Gasteiger partial charge in [0.2, 0.25) is 11.5 Å². The average Bonchev–Trinajstić information content (AvgIpc) is 3.21. The van der Waals surface area contributed by atoms with Crippen LogP contribution in [-0.2, 0) is 4.79 Å². The second-order valence-corrected chi connectivity index (χ2v) is 16.6. The average molecular weight is 773 g/mol. The van der Waals surface area contributed by atoms with E-state index in [0.717, 1.165) is 25.1 Å². The van der Waals surface area contributed by atoms with E-state index < -0.39 is 0 Å². The number of aliphatic hydroxyl groups excluding tert-OH is 1. The van der Waals surface area contributed by atoms with Gasteiger partial charge in [0.15, 0.2) is 6.21 Å². The number of unbranched alkanes of at least 4 members (excludes halogenated alkanes) is 30. The fraction of sp³-hybridized carbons (Fsp3) is 0.720. The summed E-state index contributed by atoms with van der Waals surface area (Å²) in [5.74, 6) is 0.474. The number of carbonyl (C=O) groups is 1. The van der Waals surface area contributed by atoms with Crippen molar-refractivity contribution in [3.05, 3.63) is 53.2 Å². The minimum Gasteiger partial charge on any atom is -0.506 e. The van der Waals surface area contributed by atoms with Crippen LogP contribution in [0.25, 0.3) is 5.57 Å². The number of pyridine rings is 1. The Morgan fingerprint density at radius 3 is 1.41 bits per heavy atom. The molecule has 1 aliphatic heterocycles. The zero-order valence-electron chi connectivity index (χ0n) is 36.2. The third-order valence-electron chi connectivity index (χ3n) is 11.6. The molecule has 56 heavy (non-hydrogen) atoms. The van der Waals surface area contributed by atoms with E-state index in [1.807, 2.05) is 24.4 Å². The number of hydrogen-bond donors (Lipinski definition) is 2. The highest BCUT2D eigenvalue weighted by molar-refractivity contribution is 6.39. The molecule has 0 spiro atoms. The number of nitrogens with zero attached hydrogens (tertiary/aromatic N) is 2. The van der Waals surface area contributed by atoms with Crippen molar-refractivity contribution in [2.24, 2.45) is 4.99 Å². The lowest BCUT2D eigenvalue weighted by Gasteiger charge is -2.20. The molecule has 0 bridgehead atoms. The quantitative estimate of drug-likeness (QED) is 0.0525. The van der Waals surface area contributed by atoms with E-state index in [-0.39, 0.29) is 17.1 Å². The standard InChI is InChI=1S/C50H81N3O3/c1-3-5-7-9-11-13-15-17-19-21-23-25-27-29-31-33-39-51-43-35-37-45(52-41-43)47-49(54)48(50(47)55)46-38-36-44(42-53-46)56-40-34-32-30-28-26-24-22-20-18-16-14-12-10-8-6-4-2/h35-38,41-42,54H,3-34,39-40H2,1-2H3/p+1. The Kier molecular flexibility index (Phi) is 27.1. The van der Waals surface area contributed by atoms with Crippen LogP contribution in [0.15, 0.2) is 52.5 Å². The molecule has 0 amide bonds. The summed E-state index contributed by atoms with van der Waals surface area (Å²) in [7, 11) is 0. The number of Topliss-reactive ketones (excluding diaryl/α,β-unsaturated/α-hetero) is 1. The van der Waals surface area contributed by atoms with Crippen LogP contribution >= 0.6 is 0 Å². The molecule has 2 N–H and O–H groups in total. The summed E-state index contributed by atoms with van der Waals surface area (Å²) in [4.78, 5) is 25.4. The van der Waals surface area contributed by atoms with Gasteiger partial charge in [-0.1, -0.05) is 206 Å². The zero-order chi connectivity index (χ0) is 39.7. The summed E-state index contributed by atoms with van der Waals surface area (Å²) in [5.41, 5.74) is 2.49. The van der Waals surface area contributed by atoms with Gasteiger partial charge in [0.05, 0.1) is 24.1 Å². The highest BCUT2D eigenvalue weighted by Gasteiger charge is 2.40. The predicted molar refractivity (Wildman–Crippen MR) is 239 cm³/mol. The molecule has 1 aromatic rings. The number of nitrogens with one attached hydrogen (secondary N) is 1. The van der Waals surface area contributed by atoms with E-state index in [1.165, 1.54) is 193 Å². The van der Waals surface area contributed by atoms with Crippen LogP contribution in [0.2, 0.25) is 0 Å². The molecule has 2 aliphatic rings. The van der Waals surface area contributed by atoms with Crippen LogP contribution in [0.3, 0.4) is 0 Å². The molecule has 0 unspecified atom stereocenters. The molecule has 1 aromatic heterocycles. The Balaban J connectivity index is 1.19. The van der Waals surface area contributed by atoms with Crippen molar-refractivity contribution in [3.8, 4) is 5.75 Å². The van der Waals surface area contributed by atoms with Gasteiger partial charge in [-0.3, -0.25) is 14.8 Å². The van der Waals surface area contributed by atoms with Gasteiger partial charge in [-0.2, -0.15) is 0 Å². The van der Waals surface area contributed by atoms with Gasteiger partial charge in [-0.25, -0.2) is 4.99 Å². The second-order valence-electron chi connectivity index (χ2n) is 16.6. The lowest BCUT2D eigenvalue weighted by Crippen LogP contribution is -2.69. The molecule has 0 saturated carbocycles. The van der Waals surface area contributed by atoms with Crippen molar-refractivity contribution in [3.63, 3.8) is 0 Å². The lowest BCUT2D eigenvalue weighted by molar-refractivity contribution is -0.384. The topological polar surface area (TPSA) is 85.8 Å². The van der Waals surface area contributed by atoms with E-state index in [1.54, 1.807) is 12.3 Å². The van der Waals surface area contributed by atoms with Gasteiger partial charge >= 0.3 is 0 Å². The van der Waals surface area contributed by atoms with E-state index >= 15 is 0 Å². The Bertz CT molecular complexity index is 1320. The molecule has 2 heterocycles. The van der Waals surface area contributed by atoms with Crippen LogP contribution in [-0.4, -0.2) is 41.0 Å². The van der Waals surface area contributed by atoms with Gasteiger partial charge in [0, 0.05) is 12.6 Å². The normalized spacial score (nSPS) is 16.0. The first-order chi connectivity index (χ1) is 27.7. The van der Waals surface area contributed by atoms with E-state index in [2.05, 4.69) is 23.8 Å². The second kappa shape index (κ2) is 32.0. The minimum atomic E-state index is -0.203. The SMILES string of the molecule is CCCCCCCCCCCCCCCCCCN=C1C=CC(=C2C(=O)C(c3ccc(OCCCCCCCCCCCCCCCCCC)cn3)=C2O)[NH+]=C1. The van der Waals surface area contributed by atoms with Crippen LogP contribution < -0.4 is 9.73 Å². The van der Waals surface area contributed by atoms with E-state index in [9.17, 15) is 9.90 Å². The van der Waals surface area contributed by atoms with E-state index in [4.69, 9.17) is 9.73 Å². The van der Waals surface area contributed by atoms with Gasteiger partial charge in [-0.15, -0.1) is 0 Å². The van der Waals surface area contributed by atoms with Crippen molar-refractivity contribution in [2.45, 2.75) is 219 Å². The number of hydrogen-bond acceptors (Lipinski definition) is 5. The van der Waals surface area contributed by atoms with Crippen molar-refractivity contribution in [1.82, 2.24) is 4.98 Å². The first-order valence-electron chi connectivity index (χ1n) is 23.8. The molecule has 1 aliphatic carbocycles. The summed E-state index contributed by atoms with van der Waals surface area (Å²) >= 11 is 0. The molecule has 0 saturated heterocycles. The monoisotopic (exact) mass is 773 g/mol. The third kappa shape index (κ3) is 20.4. The molecule has 3 rings (SSSR count). The molecule has 0 aromatic carbocycles. The van der Waals surface area contributed by atoms with Gasteiger partial charge in [0.1, 0.15) is 22.8 Å². The molecular weight excluding hydrogens is 691 g/mol. The summed E-state index contributed by atoms with van der Waals surface area (Å²) in [6.45, 7) is 6.05. The summed E-state index contributed by atoms with van der Waals surface area (Å²) in [6.07, 6.45) is 50.6. The summed E-state index contributed by atoms with van der Waals surface area (Å²) < 4.78 is 5.91. The largest absolute Gasteiger partial charge is 0.506 e. The highest BCUT2D eigenvalue weighted by atomic mass is 16.5. The predicted octanol–water partition coefficient (Wildman–Crippen LogP) is 13.3. The van der Waals surface area contributed by atoms with Gasteiger partial charge < -0.3 is 9.84 Å². The Hall–Kier alpha value is -3.02. The number of allylic oxidation sites excluding steroid dienone is 4. The maximum Gasteiger partial charge on any atom is 0.218 e. The molecule has 0 atom stereocenters. The fourth-order valence-corrected chi connectivity index (χ4v) is 7.88. The van der Waals surface area contributed by atoms with Crippen molar-refractivity contribution in [2.75, 3.05) is 13.2 Å². The van der Waals surface area contributed by atoms with Gasteiger partial charge in [0.25, 0.3) is 0 Å². The molecule has 314 valence electrons. The third-order valence-corrected chi connectivity index (χ3v) is 11.6. The van der Waals surface area contributed by atoms with E-state index in [0.29, 0.717) is 29.3 Å².